The SMILES string of the molecule is O=C(Nc1ncco1)N[C@@H]1[C@H]2CCO[C@@H]2C12CCC2. The van der Waals surface area contributed by atoms with Gasteiger partial charge in [-0.05, 0) is 19.3 Å². The average molecular weight is 263 g/mol. The lowest BCUT2D eigenvalue weighted by atomic mass is 9.46. The van der Waals surface area contributed by atoms with Gasteiger partial charge in [0.05, 0.1) is 12.3 Å². The van der Waals surface area contributed by atoms with Gasteiger partial charge in [0.2, 0.25) is 0 Å². The number of fused-ring (bicyclic) bond motifs is 2. The lowest BCUT2D eigenvalue weighted by Gasteiger charge is -2.63. The Kier molecular flexibility index (Phi) is 2.35. The number of nitrogens with zero attached hydrogens (tertiary/aromatic N) is 1. The van der Waals surface area contributed by atoms with E-state index in [0.717, 1.165) is 25.9 Å². The Morgan fingerprint density at radius 2 is 2.37 bits per heavy atom. The standard InChI is InChI=1S/C13H17N3O3/c17-11(16-12-14-5-7-19-12)15-9-8-2-6-18-10(8)13(9)3-1-4-13/h5,7-10H,1-4,6H2,(H2,14,15,16,17)/t8-,9-,10+/m1/s1. The number of anilines is 1. The van der Waals surface area contributed by atoms with Crippen LogP contribution in [0.15, 0.2) is 16.9 Å². The number of hydrogen-bond acceptors (Lipinski definition) is 4. The highest BCUT2D eigenvalue weighted by Crippen LogP contribution is 2.62. The first-order valence-corrected chi connectivity index (χ1v) is 6.88. The molecule has 2 aliphatic carbocycles. The number of hydrogen-bond donors (Lipinski definition) is 2. The molecule has 1 aliphatic heterocycles. The van der Waals surface area contributed by atoms with Crippen LogP contribution in [0.2, 0.25) is 0 Å². The van der Waals surface area contributed by atoms with Crippen LogP contribution < -0.4 is 10.6 Å². The molecule has 0 aromatic carbocycles. The van der Waals surface area contributed by atoms with Crippen LogP contribution in [0.1, 0.15) is 25.7 Å². The van der Waals surface area contributed by atoms with E-state index in [1.807, 2.05) is 0 Å². The maximum atomic E-state index is 12.0. The number of amides is 2. The topological polar surface area (TPSA) is 76.4 Å². The highest BCUT2D eigenvalue weighted by Gasteiger charge is 2.66. The summed E-state index contributed by atoms with van der Waals surface area (Å²) in [5, 5.41) is 5.71. The summed E-state index contributed by atoms with van der Waals surface area (Å²) in [4.78, 5) is 15.8. The van der Waals surface area contributed by atoms with Gasteiger partial charge < -0.3 is 14.5 Å². The van der Waals surface area contributed by atoms with Crippen molar-refractivity contribution in [3.8, 4) is 0 Å². The molecule has 6 nitrogen and oxygen atoms in total. The number of aromatic nitrogens is 1. The van der Waals surface area contributed by atoms with Crippen LogP contribution in [-0.2, 0) is 4.74 Å². The summed E-state index contributed by atoms with van der Waals surface area (Å²) in [5.74, 6) is 0.482. The largest absolute Gasteiger partial charge is 0.432 e. The van der Waals surface area contributed by atoms with Gasteiger partial charge in [-0.15, -0.1) is 0 Å². The van der Waals surface area contributed by atoms with Gasteiger partial charge in [-0.1, -0.05) is 6.42 Å². The lowest BCUT2D eigenvalue weighted by molar-refractivity contribution is -0.171. The van der Waals surface area contributed by atoms with Crippen molar-refractivity contribution < 1.29 is 13.9 Å². The first-order valence-electron chi connectivity index (χ1n) is 6.88. The van der Waals surface area contributed by atoms with E-state index in [1.165, 1.54) is 18.9 Å². The Hall–Kier alpha value is -1.56. The van der Waals surface area contributed by atoms with Crippen LogP contribution in [0.4, 0.5) is 10.8 Å². The number of carbonyl (C=O) groups is 1. The molecule has 2 N–H and O–H groups in total. The van der Waals surface area contributed by atoms with Crippen molar-refractivity contribution in [3.63, 3.8) is 0 Å². The molecular formula is C13H17N3O3. The maximum absolute atomic E-state index is 12.0. The van der Waals surface area contributed by atoms with Gasteiger partial charge in [0.1, 0.15) is 6.26 Å². The average Bonchev–Trinajstić information content (AvgIpc) is 2.94. The maximum Gasteiger partial charge on any atom is 0.323 e. The molecule has 19 heavy (non-hydrogen) atoms. The summed E-state index contributed by atoms with van der Waals surface area (Å²) in [5.41, 5.74) is 0.203. The van der Waals surface area contributed by atoms with Crippen LogP contribution in [0.25, 0.3) is 0 Å². The molecule has 3 fully saturated rings. The quantitative estimate of drug-likeness (QED) is 0.852. The Morgan fingerprint density at radius 1 is 1.47 bits per heavy atom. The first kappa shape index (κ1) is 11.3. The van der Waals surface area contributed by atoms with Crippen LogP contribution in [0.3, 0.4) is 0 Å². The summed E-state index contributed by atoms with van der Waals surface area (Å²) in [6.07, 6.45) is 7.94. The molecule has 1 aromatic heterocycles. The molecule has 2 saturated carbocycles. The van der Waals surface area contributed by atoms with Crippen molar-refractivity contribution in [2.45, 2.75) is 37.8 Å². The van der Waals surface area contributed by atoms with Crippen LogP contribution in [-0.4, -0.2) is 29.8 Å². The summed E-state index contributed by atoms with van der Waals surface area (Å²) < 4.78 is 10.8. The summed E-state index contributed by atoms with van der Waals surface area (Å²) in [6, 6.07) is 0.242. The van der Waals surface area contributed by atoms with Crippen molar-refractivity contribution in [1.82, 2.24) is 10.3 Å². The van der Waals surface area contributed by atoms with Crippen LogP contribution in [0.5, 0.6) is 0 Å². The molecule has 3 atom stereocenters. The zero-order valence-electron chi connectivity index (χ0n) is 10.6. The molecule has 3 aliphatic rings. The third-order valence-electron chi connectivity index (χ3n) is 4.98. The third kappa shape index (κ3) is 1.52. The van der Waals surface area contributed by atoms with Gasteiger partial charge in [-0.2, -0.15) is 0 Å². The van der Waals surface area contributed by atoms with Crippen LogP contribution in [0, 0.1) is 11.3 Å². The van der Waals surface area contributed by atoms with E-state index in [0.29, 0.717) is 12.0 Å². The van der Waals surface area contributed by atoms with E-state index in [1.54, 1.807) is 0 Å². The van der Waals surface area contributed by atoms with Crippen molar-refractivity contribution in [1.29, 1.82) is 0 Å². The minimum absolute atomic E-state index is 0.203. The van der Waals surface area contributed by atoms with Crippen molar-refractivity contribution in [2.24, 2.45) is 11.3 Å². The van der Waals surface area contributed by atoms with Gasteiger partial charge in [-0.25, -0.2) is 9.78 Å². The van der Waals surface area contributed by atoms with E-state index in [4.69, 9.17) is 9.15 Å². The Morgan fingerprint density at radius 3 is 3.05 bits per heavy atom. The second kappa shape index (κ2) is 3.96. The fourth-order valence-corrected chi connectivity index (χ4v) is 4.02. The first-order chi connectivity index (χ1) is 9.29. The Labute approximate surface area is 110 Å². The Balaban J connectivity index is 1.43. The molecule has 4 rings (SSSR count). The Bertz CT molecular complexity index is 483. The minimum atomic E-state index is -0.232. The monoisotopic (exact) mass is 263 g/mol. The third-order valence-corrected chi connectivity index (χ3v) is 4.98. The van der Waals surface area contributed by atoms with E-state index in [2.05, 4.69) is 15.6 Å². The zero-order valence-corrected chi connectivity index (χ0v) is 10.6. The molecule has 1 aromatic rings. The molecule has 6 heteroatoms. The molecular weight excluding hydrogens is 246 g/mol. The van der Waals surface area contributed by atoms with Gasteiger partial charge in [0.15, 0.2) is 0 Å². The summed E-state index contributed by atoms with van der Waals surface area (Å²) in [7, 11) is 0. The van der Waals surface area contributed by atoms with E-state index in [9.17, 15) is 4.79 Å². The van der Waals surface area contributed by atoms with E-state index >= 15 is 0 Å². The number of rotatable bonds is 2. The molecule has 2 amide bonds. The molecule has 1 saturated heterocycles. The molecule has 1 spiro atoms. The van der Waals surface area contributed by atoms with E-state index < -0.39 is 0 Å². The highest BCUT2D eigenvalue weighted by atomic mass is 16.5. The van der Waals surface area contributed by atoms with Gasteiger partial charge >= 0.3 is 12.0 Å². The fourth-order valence-electron chi connectivity index (χ4n) is 4.02. The number of urea groups is 1. The van der Waals surface area contributed by atoms with Gasteiger partial charge in [0, 0.05) is 24.0 Å². The van der Waals surface area contributed by atoms with Crippen LogP contribution >= 0.6 is 0 Å². The smallest absolute Gasteiger partial charge is 0.323 e. The summed E-state index contributed by atoms with van der Waals surface area (Å²) >= 11 is 0. The molecule has 0 unspecified atom stereocenters. The predicted octanol–water partition coefficient (Wildman–Crippen LogP) is 1.75. The van der Waals surface area contributed by atoms with Gasteiger partial charge in [-0.3, -0.25) is 5.32 Å². The molecule has 102 valence electrons. The molecule has 2 heterocycles. The lowest BCUT2D eigenvalue weighted by Crippen LogP contribution is -2.72. The minimum Gasteiger partial charge on any atom is -0.432 e. The second-order valence-corrected chi connectivity index (χ2v) is 5.74. The predicted molar refractivity (Wildman–Crippen MR) is 66.6 cm³/mol. The molecule has 0 radical (unpaired) electrons. The zero-order chi connectivity index (χ0) is 12.9. The molecule has 0 bridgehead atoms. The van der Waals surface area contributed by atoms with Crippen molar-refractivity contribution in [3.05, 3.63) is 12.5 Å². The van der Waals surface area contributed by atoms with Gasteiger partial charge in [0.25, 0.3) is 0 Å². The number of ether oxygens (including phenoxy) is 1. The van der Waals surface area contributed by atoms with Crippen molar-refractivity contribution in [2.75, 3.05) is 11.9 Å². The highest BCUT2D eigenvalue weighted by molar-refractivity contribution is 5.87. The number of carbonyl (C=O) groups excluding carboxylic acids is 1. The number of oxazole rings is 1. The van der Waals surface area contributed by atoms with Crippen molar-refractivity contribution >= 4 is 12.0 Å². The summed E-state index contributed by atoms with van der Waals surface area (Å²) in [6.45, 7) is 0.830. The number of nitrogens with one attached hydrogen (secondary N) is 2. The van der Waals surface area contributed by atoms with E-state index in [-0.39, 0.29) is 23.5 Å². The normalized spacial score (nSPS) is 34.2. The second-order valence-electron chi connectivity index (χ2n) is 5.74. The fraction of sp³-hybridized carbons (Fsp3) is 0.692.